The number of hydrogen-bond donors (Lipinski definition) is 1. The molecule has 4 rings (SSSR count). The van der Waals surface area contributed by atoms with E-state index in [2.05, 4.69) is 54.4 Å². The van der Waals surface area contributed by atoms with Crippen LogP contribution in [0.15, 0.2) is 18.2 Å². The van der Waals surface area contributed by atoms with Crippen LogP contribution in [0, 0.1) is 13.8 Å². The van der Waals surface area contributed by atoms with Crippen molar-refractivity contribution in [2.45, 2.75) is 39.3 Å². The van der Waals surface area contributed by atoms with Crippen molar-refractivity contribution in [1.29, 1.82) is 0 Å². The van der Waals surface area contributed by atoms with Crippen molar-refractivity contribution in [3.05, 3.63) is 46.1 Å². The Morgan fingerprint density at radius 3 is 2.77 bits per heavy atom. The molecule has 2 aliphatic rings. The predicted molar refractivity (Wildman–Crippen MR) is 107 cm³/mol. The van der Waals surface area contributed by atoms with Gasteiger partial charge in [-0.2, -0.15) is 5.10 Å². The summed E-state index contributed by atoms with van der Waals surface area (Å²) in [5, 5.41) is 8.48. The molecular formula is C20H29ClN4O. The van der Waals surface area contributed by atoms with Crippen LogP contribution in [0.4, 0.5) is 5.82 Å². The fraction of sp³-hybridized carbons (Fsp3) is 0.550. The summed E-state index contributed by atoms with van der Waals surface area (Å²) in [5.74, 6) is 1.25. The highest BCUT2D eigenvalue weighted by atomic mass is 35.5. The second kappa shape index (κ2) is 7.99. The Balaban J connectivity index is 0.00000196. The molecule has 1 N–H and O–H groups in total. The van der Waals surface area contributed by atoms with Crippen molar-refractivity contribution >= 4 is 18.2 Å². The molecule has 0 spiro atoms. The summed E-state index contributed by atoms with van der Waals surface area (Å²) < 4.78 is 7.54. The van der Waals surface area contributed by atoms with E-state index in [0.717, 1.165) is 38.5 Å². The first-order valence-electron chi connectivity index (χ1n) is 9.31. The van der Waals surface area contributed by atoms with Crippen molar-refractivity contribution in [3.63, 3.8) is 0 Å². The Hall–Kier alpha value is -1.56. The van der Waals surface area contributed by atoms with Crippen LogP contribution in [0.25, 0.3) is 0 Å². The number of aryl methyl sites for hydroxylation is 4. The molecule has 0 amide bonds. The summed E-state index contributed by atoms with van der Waals surface area (Å²) in [6.45, 7) is 8.64. The van der Waals surface area contributed by atoms with Crippen LogP contribution < -0.4 is 10.2 Å². The van der Waals surface area contributed by atoms with E-state index < -0.39 is 0 Å². The van der Waals surface area contributed by atoms with E-state index >= 15 is 0 Å². The van der Waals surface area contributed by atoms with Gasteiger partial charge in [-0.1, -0.05) is 23.8 Å². The van der Waals surface area contributed by atoms with Gasteiger partial charge >= 0.3 is 0 Å². The molecule has 0 radical (unpaired) electrons. The van der Waals surface area contributed by atoms with Crippen molar-refractivity contribution in [2.24, 2.45) is 7.05 Å². The molecule has 5 nitrogen and oxygen atoms in total. The summed E-state index contributed by atoms with van der Waals surface area (Å²) in [5.41, 5.74) is 6.79. The third-order valence-electron chi connectivity index (χ3n) is 5.53. The Morgan fingerprint density at radius 2 is 2.00 bits per heavy atom. The summed E-state index contributed by atoms with van der Waals surface area (Å²) >= 11 is 0. The molecule has 1 aromatic carbocycles. The maximum Gasteiger partial charge on any atom is 0.131 e. The Kier molecular flexibility index (Phi) is 5.90. The third-order valence-corrected chi connectivity index (χ3v) is 5.53. The van der Waals surface area contributed by atoms with Crippen LogP contribution in [0.5, 0.6) is 0 Å². The van der Waals surface area contributed by atoms with E-state index in [9.17, 15) is 0 Å². The van der Waals surface area contributed by atoms with Crippen molar-refractivity contribution < 1.29 is 4.74 Å². The quantitative estimate of drug-likeness (QED) is 0.890. The van der Waals surface area contributed by atoms with Gasteiger partial charge in [-0.3, -0.25) is 4.68 Å². The van der Waals surface area contributed by atoms with Gasteiger partial charge < -0.3 is 15.0 Å². The van der Waals surface area contributed by atoms with Crippen LogP contribution in [0.3, 0.4) is 0 Å². The SMILES string of the molecule is Cc1ccc2c(c1)CCC2NCc1c(C)nn(C)c1N1CCOCC1.Cl. The van der Waals surface area contributed by atoms with Crippen LogP contribution in [0.2, 0.25) is 0 Å². The summed E-state index contributed by atoms with van der Waals surface area (Å²) in [7, 11) is 2.05. The zero-order valence-corrected chi connectivity index (χ0v) is 16.7. The third kappa shape index (κ3) is 3.61. The number of nitrogens with zero attached hydrogens (tertiary/aromatic N) is 3. The molecular weight excluding hydrogens is 348 g/mol. The minimum Gasteiger partial charge on any atom is -0.378 e. The van der Waals surface area contributed by atoms with Crippen LogP contribution in [-0.4, -0.2) is 36.1 Å². The number of fused-ring (bicyclic) bond motifs is 1. The van der Waals surface area contributed by atoms with Gasteiger partial charge in [0, 0.05) is 38.3 Å². The van der Waals surface area contributed by atoms with E-state index in [4.69, 9.17) is 4.74 Å². The highest BCUT2D eigenvalue weighted by Crippen LogP contribution is 2.33. The highest BCUT2D eigenvalue weighted by Gasteiger charge is 2.25. The molecule has 2 heterocycles. The van der Waals surface area contributed by atoms with Gasteiger partial charge in [0.2, 0.25) is 0 Å². The molecule has 2 aromatic rings. The largest absolute Gasteiger partial charge is 0.378 e. The number of rotatable bonds is 4. The fourth-order valence-electron chi connectivity index (χ4n) is 4.25. The highest BCUT2D eigenvalue weighted by molar-refractivity contribution is 5.85. The van der Waals surface area contributed by atoms with Crippen LogP contribution >= 0.6 is 12.4 Å². The first kappa shape index (κ1) is 19.2. The van der Waals surface area contributed by atoms with Gasteiger partial charge in [-0.15, -0.1) is 12.4 Å². The molecule has 0 bridgehead atoms. The lowest BCUT2D eigenvalue weighted by Crippen LogP contribution is -2.38. The van der Waals surface area contributed by atoms with Crippen LogP contribution in [0.1, 0.15) is 40.4 Å². The summed E-state index contributed by atoms with van der Waals surface area (Å²) in [4.78, 5) is 2.41. The topological polar surface area (TPSA) is 42.3 Å². The lowest BCUT2D eigenvalue weighted by atomic mass is 10.1. The van der Waals surface area contributed by atoms with Crippen molar-refractivity contribution in [2.75, 3.05) is 31.2 Å². The predicted octanol–water partition coefficient (Wildman–Crippen LogP) is 3.07. The van der Waals surface area contributed by atoms with E-state index in [1.54, 1.807) is 0 Å². The average Bonchev–Trinajstić information content (AvgIpc) is 3.13. The number of aromatic nitrogens is 2. The molecule has 1 unspecified atom stereocenters. The number of nitrogens with one attached hydrogen (secondary N) is 1. The second-order valence-corrected chi connectivity index (χ2v) is 7.29. The Bertz CT molecular complexity index is 767. The number of morpholine rings is 1. The van der Waals surface area contributed by atoms with Gasteiger partial charge in [0.05, 0.1) is 18.9 Å². The minimum atomic E-state index is 0. The second-order valence-electron chi connectivity index (χ2n) is 7.29. The smallest absolute Gasteiger partial charge is 0.131 e. The molecule has 1 saturated heterocycles. The number of ether oxygens (including phenoxy) is 1. The molecule has 1 atom stereocenters. The van der Waals surface area contributed by atoms with E-state index in [0.29, 0.717) is 6.04 Å². The maximum absolute atomic E-state index is 5.51. The lowest BCUT2D eigenvalue weighted by molar-refractivity contribution is 0.122. The normalized spacial score (nSPS) is 19.3. The van der Waals surface area contributed by atoms with Gasteiger partial charge in [0.15, 0.2) is 0 Å². The number of halogens is 1. The number of benzene rings is 1. The standard InChI is InChI=1S/C20H28N4O.ClH/c1-14-4-6-17-16(12-14)5-7-19(17)21-13-18-15(2)22-23(3)20(18)24-8-10-25-11-9-24;/h4,6,12,19,21H,5,7-11,13H2,1-3H3;1H. The van der Waals surface area contributed by atoms with E-state index in [1.165, 1.54) is 40.9 Å². The Labute approximate surface area is 162 Å². The maximum atomic E-state index is 5.51. The Morgan fingerprint density at radius 1 is 1.23 bits per heavy atom. The van der Waals surface area contributed by atoms with Crippen molar-refractivity contribution in [1.82, 2.24) is 15.1 Å². The lowest BCUT2D eigenvalue weighted by Gasteiger charge is -2.30. The first-order chi connectivity index (χ1) is 12.1. The summed E-state index contributed by atoms with van der Waals surface area (Å²) in [6.07, 6.45) is 2.36. The molecule has 1 aliphatic heterocycles. The van der Waals surface area contributed by atoms with Gasteiger partial charge in [-0.05, 0) is 37.8 Å². The number of hydrogen-bond acceptors (Lipinski definition) is 4. The molecule has 1 aliphatic carbocycles. The van der Waals surface area contributed by atoms with Gasteiger partial charge in [0.1, 0.15) is 5.82 Å². The first-order valence-corrected chi connectivity index (χ1v) is 9.31. The number of anilines is 1. The molecule has 1 aromatic heterocycles. The molecule has 6 heteroatoms. The van der Waals surface area contributed by atoms with E-state index in [1.807, 2.05) is 4.68 Å². The van der Waals surface area contributed by atoms with Crippen LogP contribution in [-0.2, 0) is 24.8 Å². The van der Waals surface area contributed by atoms with Gasteiger partial charge in [0.25, 0.3) is 0 Å². The zero-order valence-electron chi connectivity index (χ0n) is 15.9. The molecule has 142 valence electrons. The van der Waals surface area contributed by atoms with Crippen molar-refractivity contribution in [3.8, 4) is 0 Å². The van der Waals surface area contributed by atoms with Gasteiger partial charge in [-0.25, -0.2) is 0 Å². The summed E-state index contributed by atoms with van der Waals surface area (Å²) in [6, 6.07) is 7.32. The molecule has 26 heavy (non-hydrogen) atoms. The molecule has 0 saturated carbocycles. The fourth-order valence-corrected chi connectivity index (χ4v) is 4.25. The monoisotopic (exact) mass is 376 g/mol. The molecule has 1 fully saturated rings. The minimum absolute atomic E-state index is 0. The average molecular weight is 377 g/mol. The zero-order chi connectivity index (χ0) is 17.4. The van der Waals surface area contributed by atoms with E-state index in [-0.39, 0.29) is 12.4 Å².